The average Bonchev–Trinajstić information content (AvgIpc) is 3.27. The van der Waals surface area contributed by atoms with E-state index in [9.17, 15) is 4.79 Å². The molecule has 0 aliphatic heterocycles. The van der Waals surface area contributed by atoms with E-state index in [-0.39, 0.29) is 29.5 Å². The first-order valence-corrected chi connectivity index (χ1v) is 12.6. The maximum Gasteiger partial charge on any atom is 0.322 e. The van der Waals surface area contributed by atoms with Gasteiger partial charge in [-0.1, -0.05) is 24.8 Å². The minimum atomic E-state index is -0.590. The van der Waals surface area contributed by atoms with E-state index in [1.807, 2.05) is 30.5 Å². The molecule has 2 aromatic carbocycles. The Morgan fingerprint density at radius 3 is 2.45 bits per heavy atom. The molecule has 5 rings (SSSR count). The molecule has 0 spiro atoms. The second-order valence-electron chi connectivity index (χ2n) is 9.68. The summed E-state index contributed by atoms with van der Waals surface area (Å²) in [6.07, 6.45) is 2.97. The van der Waals surface area contributed by atoms with Crippen molar-refractivity contribution in [3.05, 3.63) is 84.7 Å². The van der Waals surface area contributed by atoms with Crippen molar-refractivity contribution in [1.29, 1.82) is 0 Å². The number of nitrogen functional groups attached to an aromatic ring is 1. The van der Waals surface area contributed by atoms with E-state index >= 15 is 4.39 Å². The van der Waals surface area contributed by atoms with Gasteiger partial charge in [-0.25, -0.2) is 24.3 Å². The first-order chi connectivity index (χ1) is 19.1. The van der Waals surface area contributed by atoms with Crippen LogP contribution in [-0.2, 0) is 4.79 Å². The van der Waals surface area contributed by atoms with Gasteiger partial charge >= 0.3 is 6.01 Å². The molecule has 3 aromatic heterocycles. The monoisotopic (exact) mass is 537 g/mol. The van der Waals surface area contributed by atoms with E-state index in [0.29, 0.717) is 39.1 Å². The zero-order valence-corrected chi connectivity index (χ0v) is 22.6. The lowest BCUT2D eigenvalue weighted by atomic mass is 9.98. The van der Waals surface area contributed by atoms with Crippen LogP contribution in [0, 0.1) is 12.7 Å². The number of halogens is 1. The van der Waals surface area contributed by atoms with Crippen LogP contribution in [0.5, 0.6) is 11.8 Å². The number of hydrogen-bond acceptors (Lipinski definition) is 7. The van der Waals surface area contributed by atoms with Crippen molar-refractivity contribution in [1.82, 2.24) is 24.5 Å². The molecule has 202 valence electrons. The first-order valence-electron chi connectivity index (χ1n) is 12.6. The Morgan fingerprint density at radius 2 is 1.80 bits per heavy atom. The number of carbonyl (C=O) groups is 1. The fourth-order valence-electron chi connectivity index (χ4n) is 4.49. The van der Waals surface area contributed by atoms with Crippen molar-refractivity contribution < 1.29 is 13.9 Å². The molecule has 0 unspecified atom stereocenters. The van der Waals surface area contributed by atoms with E-state index in [0.717, 1.165) is 11.3 Å². The van der Waals surface area contributed by atoms with Gasteiger partial charge in [0.05, 0.1) is 11.1 Å². The van der Waals surface area contributed by atoms with Crippen molar-refractivity contribution in [3.8, 4) is 34.1 Å². The number of anilines is 2. The van der Waals surface area contributed by atoms with Crippen molar-refractivity contribution in [2.75, 3.05) is 11.1 Å². The Morgan fingerprint density at radius 1 is 1.07 bits per heavy atom. The van der Waals surface area contributed by atoms with Crippen LogP contribution in [0.15, 0.2) is 73.2 Å². The number of rotatable bonds is 7. The summed E-state index contributed by atoms with van der Waals surface area (Å²) in [5, 5.41) is 3.43. The first kappa shape index (κ1) is 26.5. The summed E-state index contributed by atoms with van der Waals surface area (Å²) in [6, 6.07) is 13.8. The van der Waals surface area contributed by atoms with Crippen molar-refractivity contribution in [2.45, 2.75) is 33.7 Å². The van der Waals surface area contributed by atoms with Crippen LogP contribution in [0.4, 0.5) is 15.9 Å². The zero-order chi connectivity index (χ0) is 28.6. The molecular weight excluding hydrogens is 509 g/mol. The number of aromatic nitrogens is 5. The lowest BCUT2D eigenvalue weighted by Gasteiger charge is -2.16. The molecule has 0 bridgehead atoms. The standard InChI is InChI=1S/C30H28FN7O2/c1-16(2)29(39)37-21-9-6-19(7-10-21)26-24(25-27(32)34-15-35-28(25)38(26)17(3)4)20-8-11-23(22(31)14-20)40-30-33-13-12-18(5)36-30/h6-15,17H,1H2,2-5H3,(H,37,39)(H2,32,34,35). The number of fused-ring (bicyclic) bond motifs is 1. The molecule has 0 aliphatic carbocycles. The lowest BCUT2D eigenvalue weighted by Crippen LogP contribution is -2.11. The van der Waals surface area contributed by atoms with Crippen LogP contribution in [0.25, 0.3) is 33.4 Å². The summed E-state index contributed by atoms with van der Waals surface area (Å²) in [6.45, 7) is 11.2. The molecule has 0 saturated carbocycles. The van der Waals surface area contributed by atoms with Gasteiger partial charge in [-0.2, -0.15) is 0 Å². The molecule has 10 heteroatoms. The number of aryl methyl sites for hydroxylation is 1. The van der Waals surface area contributed by atoms with Crippen molar-refractivity contribution >= 4 is 28.4 Å². The number of carbonyl (C=O) groups excluding carboxylic acids is 1. The molecule has 0 atom stereocenters. The number of benzene rings is 2. The van der Waals surface area contributed by atoms with Crippen LogP contribution in [0.1, 0.15) is 32.5 Å². The van der Waals surface area contributed by atoms with Crippen molar-refractivity contribution in [2.24, 2.45) is 0 Å². The Balaban J connectivity index is 1.67. The molecule has 0 aliphatic rings. The molecule has 5 aromatic rings. The molecular formula is C30H28FN7O2. The zero-order valence-electron chi connectivity index (χ0n) is 22.6. The van der Waals surface area contributed by atoms with Gasteiger partial charge in [0.25, 0.3) is 5.91 Å². The summed E-state index contributed by atoms with van der Waals surface area (Å²) in [5.41, 5.74) is 11.6. The van der Waals surface area contributed by atoms with Crippen LogP contribution < -0.4 is 15.8 Å². The van der Waals surface area contributed by atoms with Gasteiger partial charge in [-0.05, 0) is 69.2 Å². The molecule has 3 N–H and O–H groups in total. The quantitative estimate of drug-likeness (QED) is 0.228. The number of nitrogens with one attached hydrogen (secondary N) is 1. The molecule has 0 saturated heterocycles. The van der Waals surface area contributed by atoms with Gasteiger partial charge in [0.15, 0.2) is 11.6 Å². The summed E-state index contributed by atoms with van der Waals surface area (Å²) >= 11 is 0. The highest BCUT2D eigenvalue weighted by Gasteiger charge is 2.25. The van der Waals surface area contributed by atoms with E-state index in [4.69, 9.17) is 10.5 Å². The number of ether oxygens (including phenoxy) is 1. The maximum absolute atomic E-state index is 15.5. The number of hydrogen-bond donors (Lipinski definition) is 2. The Bertz CT molecular complexity index is 1760. The van der Waals surface area contributed by atoms with Crippen LogP contribution in [0.2, 0.25) is 0 Å². The fourth-order valence-corrected chi connectivity index (χ4v) is 4.49. The van der Waals surface area contributed by atoms with Gasteiger partial charge in [-0.3, -0.25) is 4.79 Å². The van der Waals surface area contributed by atoms with Gasteiger partial charge in [0.2, 0.25) is 0 Å². The fraction of sp³-hybridized carbons (Fsp3) is 0.167. The van der Waals surface area contributed by atoms with E-state index < -0.39 is 5.82 Å². The maximum atomic E-state index is 15.5. The molecule has 3 heterocycles. The Kier molecular flexibility index (Phi) is 7.00. The minimum Gasteiger partial charge on any atom is -0.421 e. The number of nitrogens with two attached hydrogens (primary N) is 1. The second-order valence-corrected chi connectivity index (χ2v) is 9.68. The third-order valence-electron chi connectivity index (χ3n) is 6.33. The highest BCUT2D eigenvalue weighted by atomic mass is 19.1. The van der Waals surface area contributed by atoms with Gasteiger partial charge in [-0.15, -0.1) is 0 Å². The van der Waals surface area contributed by atoms with E-state index in [1.165, 1.54) is 18.5 Å². The predicted octanol–water partition coefficient (Wildman–Crippen LogP) is 6.47. The van der Waals surface area contributed by atoms with Crippen LogP contribution in [0.3, 0.4) is 0 Å². The Hall–Kier alpha value is -5.12. The van der Waals surface area contributed by atoms with Crippen LogP contribution >= 0.6 is 0 Å². The summed E-state index contributed by atoms with van der Waals surface area (Å²) in [4.78, 5) is 29.1. The van der Waals surface area contributed by atoms with Gasteiger partial charge < -0.3 is 20.4 Å². The smallest absolute Gasteiger partial charge is 0.322 e. The molecule has 0 fully saturated rings. The topological polar surface area (TPSA) is 121 Å². The third kappa shape index (κ3) is 4.98. The lowest BCUT2D eigenvalue weighted by molar-refractivity contribution is -0.112. The molecule has 40 heavy (non-hydrogen) atoms. The van der Waals surface area contributed by atoms with Crippen molar-refractivity contribution in [3.63, 3.8) is 0 Å². The van der Waals surface area contributed by atoms with Gasteiger partial charge in [0, 0.05) is 34.8 Å². The number of amides is 1. The summed E-state index contributed by atoms with van der Waals surface area (Å²) < 4.78 is 23.1. The largest absolute Gasteiger partial charge is 0.421 e. The summed E-state index contributed by atoms with van der Waals surface area (Å²) in [5.74, 6) is -0.584. The molecule has 9 nitrogen and oxygen atoms in total. The average molecular weight is 538 g/mol. The van der Waals surface area contributed by atoms with E-state index in [2.05, 4.69) is 31.8 Å². The number of nitrogens with zero attached hydrogens (tertiary/aromatic N) is 5. The van der Waals surface area contributed by atoms with Gasteiger partial charge in [0.1, 0.15) is 17.8 Å². The third-order valence-corrected chi connectivity index (χ3v) is 6.33. The SMILES string of the molecule is C=C(C)C(=O)Nc1ccc(-c2c(-c3ccc(Oc4nccc(C)n4)c(F)c3)c3c(N)ncnc3n2C(C)C)cc1. The summed E-state index contributed by atoms with van der Waals surface area (Å²) in [7, 11) is 0. The minimum absolute atomic E-state index is 0.00896. The normalized spacial score (nSPS) is 11.2. The highest BCUT2D eigenvalue weighted by Crippen LogP contribution is 2.44. The van der Waals surface area contributed by atoms with Crippen LogP contribution in [-0.4, -0.2) is 30.4 Å². The Labute approximate surface area is 230 Å². The highest BCUT2D eigenvalue weighted by molar-refractivity contribution is 6.08. The predicted molar refractivity (Wildman–Crippen MR) is 153 cm³/mol. The molecule has 1 amide bonds. The van der Waals surface area contributed by atoms with E-state index in [1.54, 1.807) is 44.3 Å². The second kappa shape index (κ2) is 10.6. The molecule has 0 radical (unpaired) electrons.